The molecule has 0 aliphatic rings. The monoisotopic (exact) mass is 331 g/mol. The number of nitrogens with zero attached hydrogens (tertiary/aromatic N) is 3. The van der Waals surface area contributed by atoms with E-state index in [1.54, 1.807) is 0 Å². The number of rotatable bonds is 7. The van der Waals surface area contributed by atoms with Gasteiger partial charge in [-0.15, -0.1) is 15.0 Å². The van der Waals surface area contributed by atoms with Gasteiger partial charge in [0.1, 0.15) is 0 Å². The molecule has 0 amide bonds. The molecule has 0 saturated carbocycles. The topological polar surface area (TPSA) is 175 Å². The van der Waals surface area contributed by atoms with E-state index in [2.05, 4.69) is 29.2 Å². The van der Waals surface area contributed by atoms with E-state index in [-0.39, 0.29) is 6.01 Å². The van der Waals surface area contributed by atoms with Gasteiger partial charge in [-0.25, -0.2) is 0 Å². The zero-order chi connectivity index (χ0) is 15.4. The number of methoxy groups -OCH3 is 1. The summed E-state index contributed by atoms with van der Waals surface area (Å²) in [7, 11) is -7.70. The van der Waals surface area contributed by atoms with E-state index >= 15 is 0 Å². The van der Waals surface area contributed by atoms with Gasteiger partial charge in [0.05, 0.1) is 7.11 Å². The van der Waals surface area contributed by atoms with Crippen molar-refractivity contribution in [3.05, 3.63) is 0 Å². The highest BCUT2D eigenvalue weighted by Crippen LogP contribution is 2.14. The summed E-state index contributed by atoms with van der Waals surface area (Å²) in [5.41, 5.74) is 0. The van der Waals surface area contributed by atoms with Gasteiger partial charge in [0.15, 0.2) is 0 Å². The Morgan fingerprint density at radius 3 is 1.50 bits per heavy atom. The maximum Gasteiger partial charge on any atom is 0.326 e. The van der Waals surface area contributed by atoms with Crippen molar-refractivity contribution >= 4 is 20.2 Å². The van der Waals surface area contributed by atoms with E-state index in [1.165, 1.54) is 0 Å². The standard InChI is InChI=1S/C6H9N3O9S2/c1-16-4-7-5(17-2-19(10,11)12)9-6(8-4)18-3-20(13,14)15/h2-3H2,1H3,(H,10,11,12)(H,13,14,15). The summed E-state index contributed by atoms with van der Waals surface area (Å²) in [5, 5.41) is 0. The van der Waals surface area contributed by atoms with E-state index in [1.807, 2.05) is 0 Å². The van der Waals surface area contributed by atoms with Gasteiger partial charge in [-0.1, -0.05) is 0 Å². The molecule has 12 nitrogen and oxygen atoms in total. The fraction of sp³-hybridized carbons (Fsp3) is 0.500. The zero-order valence-corrected chi connectivity index (χ0v) is 11.5. The van der Waals surface area contributed by atoms with Gasteiger partial charge in [-0.2, -0.15) is 16.8 Å². The molecule has 0 spiro atoms. The van der Waals surface area contributed by atoms with Crippen LogP contribution in [0.3, 0.4) is 0 Å². The van der Waals surface area contributed by atoms with Gasteiger partial charge in [-0.3, -0.25) is 9.11 Å². The fourth-order valence-corrected chi connectivity index (χ4v) is 1.30. The Kier molecular flexibility index (Phi) is 4.98. The van der Waals surface area contributed by atoms with Gasteiger partial charge in [0.25, 0.3) is 0 Å². The molecule has 1 aromatic heterocycles. The summed E-state index contributed by atoms with van der Waals surface area (Å²) in [6, 6.07) is -1.56. The number of hydrogen-bond donors (Lipinski definition) is 2. The Bertz CT molecular complexity index is 617. The molecule has 0 unspecified atom stereocenters. The molecule has 0 fully saturated rings. The van der Waals surface area contributed by atoms with Crippen LogP contribution in [0, 0.1) is 0 Å². The summed E-state index contributed by atoms with van der Waals surface area (Å²) < 4.78 is 72.6. The van der Waals surface area contributed by atoms with Crippen LogP contribution in [-0.2, 0) is 20.2 Å². The lowest BCUT2D eigenvalue weighted by Crippen LogP contribution is -2.15. The maximum absolute atomic E-state index is 10.5. The highest BCUT2D eigenvalue weighted by Gasteiger charge is 2.14. The van der Waals surface area contributed by atoms with Gasteiger partial charge in [0, 0.05) is 0 Å². The molecule has 1 heterocycles. The Labute approximate surface area is 113 Å². The molecule has 0 aromatic carbocycles. The van der Waals surface area contributed by atoms with E-state index in [0.29, 0.717) is 0 Å². The molecule has 14 heteroatoms. The predicted molar refractivity (Wildman–Crippen MR) is 60.5 cm³/mol. The molecule has 0 atom stereocenters. The van der Waals surface area contributed by atoms with Crippen LogP contribution < -0.4 is 14.2 Å². The molecule has 1 rings (SSSR count). The van der Waals surface area contributed by atoms with Gasteiger partial charge in [0.2, 0.25) is 11.9 Å². The van der Waals surface area contributed by atoms with Crippen LogP contribution >= 0.6 is 0 Å². The molecular formula is C6H9N3O9S2. The SMILES string of the molecule is COc1nc(OCS(=O)(=O)O)nc(OCS(=O)(=O)O)n1. The summed E-state index contributed by atoms with van der Waals surface area (Å²) in [4.78, 5) is 10.3. The maximum atomic E-state index is 10.5. The number of hydrogen-bond acceptors (Lipinski definition) is 10. The average molecular weight is 331 g/mol. The zero-order valence-electron chi connectivity index (χ0n) is 9.82. The number of ether oxygens (including phenoxy) is 3. The smallest absolute Gasteiger partial charge is 0.326 e. The second-order valence-electron chi connectivity index (χ2n) is 3.08. The molecule has 0 bridgehead atoms. The third-order valence-electron chi connectivity index (χ3n) is 1.43. The molecule has 1 aromatic rings. The minimum Gasteiger partial charge on any atom is -0.467 e. The Morgan fingerprint density at radius 2 is 1.20 bits per heavy atom. The first-order chi connectivity index (χ1) is 9.09. The molecule has 0 aliphatic heterocycles. The lowest BCUT2D eigenvalue weighted by Gasteiger charge is -2.06. The van der Waals surface area contributed by atoms with Crippen molar-refractivity contribution in [3.8, 4) is 18.0 Å². The van der Waals surface area contributed by atoms with Crippen LogP contribution in [0.1, 0.15) is 0 Å². The fourth-order valence-electron chi connectivity index (χ4n) is 0.795. The van der Waals surface area contributed by atoms with Crippen LogP contribution in [0.4, 0.5) is 0 Å². The van der Waals surface area contributed by atoms with Crippen LogP contribution in [0.5, 0.6) is 18.0 Å². The molecular weight excluding hydrogens is 322 g/mol. The first-order valence-electron chi connectivity index (χ1n) is 4.55. The van der Waals surface area contributed by atoms with Gasteiger partial charge in [-0.05, 0) is 0 Å². The van der Waals surface area contributed by atoms with Crippen molar-refractivity contribution in [3.63, 3.8) is 0 Å². The summed E-state index contributed by atoms with van der Waals surface area (Å²) in [6.45, 7) is 0. The van der Waals surface area contributed by atoms with Crippen LogP contribution in [0.25, 0.3) is 0 Å². The molecule has 114 valence electrons. The Balaban J connectivity index is 2.90. The Morgan fingerprint density at radius 1 is 0.850 bits per heavy atom. The predicted octanol–water partition coefficient (Wildman–Crippen LogP) is -1.67. The van der Waals surface area contributed by atoms with Gasteiger partial charge >= 0.3 is 38.3 Å². The van der Waals surface area contributed by atoms with Crippen molar-refractivity contribution < 1.29 is 40.2 Å². The lowest BCUT2D eigenvalue weighted by atomic mass is 10.9. The highest BCUT2D eigenvalue weighted by molar-refractivity contribution is 7.85. The van der Waals surface area contributed by atoms with Crippen LogP contribution in [-0.4, -0.2) is 59.9 Å². The second kappa shape index (κ2) is 6.12. The van der Waals surface area contributed by atoms with Crippen molar-refractivity contribution in [1.82, 2.24) is 15.0 Å². The van der Waals surface area contributed by atoms with E-state index < -0.39 is 44.1 Å². The molecule has 0 radical (unpaired) electrons. The van der Waals surface area contributed by atoms with Gasteiger partial charge < -0.3 is 14.2 Å². The minimum atomic E-state index is -4.43. The molecule has 2 N–H and O–H groups in total. The van der Waals surface area contributed by atoms with Crippen molar-refractivity contribution in [2.45, 2.75) is 0 Å². The van der Waals surface area contributed by atoms with Crippen LogP contribution in [0.15, 0.2) is 0 Å². The number of aromatic nitrogens is 3. The first kappa shape index (κ1) is 16.3. The van der Waals surface area contributed by atoms with E-state index in [9.17, 15) is 16.8 Å². The van der Waals surface area contributed by atoms with Crippen molar-refractivity contribution in [1.29, 1.82) is 0 Å². The molecule has 20 heavy (non-hydrogen) atoms. The normalized spacial score (nSPS) is 11.9. The summed E-state index contributed by atoms with van der Waals surface area (Å²) >= 11 is 0. The second-order valence-corrected chi connectivity index (χ2v) is 5.87. The third kappa shape index (κ3) is 6.41. The third-order valence-corrected chi connectivity index (χ3v) is 2.26. The highest BCUT2D eigenvalue weighted by atomic mass is 32.2. The van der Waals surface area contributed by atoms with E-state index in [4.69, 9.17) is 9.11 Å². The van der Waals surface area contributed by atoms with E-state index in [0.717, 1.165) is 7.11 Å². The average Bonchev–Trinajstić information content (AvgIpc) is 2.32. The molecule has 0 aliphatic carbocycles. The Hall–Kier alpha value is -1.77. The van der Waals surface area contributed by atoms with Crippen molar-refractivity contribution in [2.75, 3.05) is 19.0 Å². The van der Waals surface area contributed by atoms with Crippen molar-refractivity contribution in [2.24, 2.45) is 0 Å². The first-order valence-corrected chi connectivity index (χ1v) is 7.77. The van der Waals surface area contributed by atoms with Crippen LogP contribution in [0.2, 0.25) is 0 Å². The lowest BCUT2D eigenvalue weighted by molar-refractivity contribution is 0.279. The minimum absolute atomic E-state index is 0.365. The largest absolute Gasteiger partial charge is 0.467 e. The summed E-state index contributed by atoms with van der Waals surface area (Å²) in [6.07, 6.45) is 0. The quantitative estimate of drug-likeness (QED) is 0.544. The summed E-state index contributed by atoms with van der Waals surface area (Å²) in [5.74, 6) is -2.28. The molecule has 0 saturated heterocycles.